The second-order valence-electron chi connectivity index (χ2n) is 7.93. The van der Waals surface area contributed by atoms with Gasteiger partial charge in [-0.2, -0.15) is 0 Å². The summed E-state index contributed by atoms with van der Waals surface area (Å²) in [5.41, 5.74) is 3.05. The number of thioether (sulfide) groups is 1. The summed E-state index contributed by atoms with van der Waals surface area (Å²) in [7, 11) is 1.61. The van der Waals surface area contributed by atoms with Gasteiger partial charge in [0.15, 0.2) is 5.16 Å². The number of fused-ring (bicyclic) bond motifs is 2. The van der Waals surface area contributed by atoms with Gasteiger partial charge < -0.3 is 9.64 Å². The van der Waals surface area contributed by atoms with E-state index in [2.05, 4.69) is 12.1 Å². The first-order valence-corrected chi connectivity index (χ1v) is 11.4. The molecule has 0 saturated carbocycles. The lowest BCUT2D eigenvalue weighted by molar-refractivity contribution is -0.131. The highest BCUT2D eigenvalue weighted by molar-refractivity contribution is 8.00. The van der Waals surface area contributed by atoms with Crippen LogP contribution < -0.4 is 5.56 Å². The van der Waals surface area contributed by atoms with Crippen LogP contribution in [-0.2, 0) is 22.5 Å². The van der Waals surface area contributed by atoms with Crippen LogP contribution in [0.25, 0.3) is 10.9 Å². The first kappa shape index (κ1) is 21.6. The number of carbonyl (C=O) groups is 1. The smallest absolute Gasteiger partial charge is 0.262 e. The summed E-state index contributed by atoms with van der Waals surface area (Å²) < 4.78 is 6.95. The third-order valence-corrected chi connectivity index (χ3v) is 6.75. The van der Waals surface area contributed by atoms with E-state index in [0.717, 1.165) is 6.42 Å². The molecule has 31 heavy (non-hydrogen) atoms. The number of aromatic nitrogens is 2. The van der Waals surface area contributed by atoms with E-state index in [-0.39, 0.29) is 22.8 Å². The molecule has 162 valence electrons. The minimum atomic E-state index is -0.362. The molecule has 0 spiro atoms. The Morgan fingerprint density at radius 1 is 1.13 bits per heavy atom. The molecule has 0 radical (unpaired) electrons. The highest BCUT2D eigenvalue weighted by Crippen LogP contribution is 2.28. The number of carbonyl (C=O) groups excluding carboxylic acids is 1. The van der Waals surface area contributed by atoms with Crippen LogP contribution in [0, 0.1) is 0 Å². The average Bonchev–Trinajstić information content (AvgIpc) is 2.78. The molecule has 0 bridgehead atoms. The fraction of sp³-hybridized carbons (Fsp3) is 0.375. The molecule has 0 N–H and O–H groups in total. The molecular formula is C24H27N3O3S. The summed E-state index contributed by atoms with van der Waals surface area (Å²) >= 11 is 1.34. The van der Waals surface area contributed by atoms with E-state index in [1.807, 2.05) is 49.1 Å². The van der Waals surface area contributed by atoms with Crippen molar-refractivity contribution in [3.05, 3.63) is 70.0 Å². The number of benzene rings is 2. The number of ether oxygens (including phenoxy) is 1. The van der Waals surface area contributed by atoms with Gasteiger partial charge in [-0.1, -0.05) is 48.2 Å². The molecule has 1 amide bonds. The summed E-state index contributed by atoms with van der Waals surface area (Å²) in [6, 6.07) is 15.4. The Bertz CT molecular complexity index is 1160. The Balaban J connectivity index is 1.62. The normalized spacial score (nSPS) is 15.5. The van der Waals surface area contributed by atoms with Gasteiger partial charge in [0.25, 0.3) is 5.56 Å². The van der Waals surface area contributed by atoms with Crippen LogP contribution in [0.4, 0.5) is 0 Å². The summed E-state index contributed by atoms with van der Waals surface area (Å²) in [6.45, 7) is 5.54. The third-order valence-electron chi connectivity index (χ3n) is 5.70. The van der Waals surface area contributed by atoms with Crippen LogP contribution in [0.5, 0.6) is 0 Å². The van der Waals surface area contributed by atoms with Crippen molar-refractivity contribution in [2.45, 2.75) is 43.3 Å². The number of amides is 1. The summed E-state index contributed by atoms with van der Waals surface area (Å²) in [6.07, 6.45) is 0.864. The van der Waals surface area contributed by atoms with Gasteiger partial charge in [0, 0.05) is 20.2 Å². The van der Waals surface area contributed by atoms with Gasteiger partial charge in [-0.25, -0.2) is 4.98 Å². The van der Waals surface area contributed by atoms with Crippen molar-refractivity contribution >= 4 is 28.6 Å². The van der Waals surface area contributed by atoms with Crippen molar-refractivity contribution in [1.29, 1.82) is 0 Å². The summed E-state index contributed by atoms with van der Waals surface area (Å²) in [4.78, 5) is 33.1. The molecule has 2 heterocycles. The van der Waals surface area contributed by atoms with Crippen LogP contribution >= 0.6 is 11.8 Å². The predicted octanol–water partition coefficient (Wildman–Crippen LogP) is 3.67. The number of nitrogens with zero attached hydrogens (tertiary/aromatic N) is 3. The molecule has 0 fully saturated rings. The van der Waals surface area contributed by atoms with Gasteiger partial charge in [-0.3, -0.25) is 14.2 Å². The van der Waals surface area contributed by atoms with Crippen LogP contribution in [-0.4, -0.2) is 45.9 Å². The topological polar surface area (TPSA) is 64.4 Å². The van der Waals surface area contributed by atoms with Gasteiger partial charge in [0.1, 0.15) is 0 Å². The molecule has 1 aliphatic rings. The fourth-order valence-electron chi connectivity index (χ4n) is 4.06. The lowest BCUT2D eigenvalue weighted by Gasteiger charge is -2.31. The van der Waals surface area contributed by atoms with Crippen molar-refractivity contribution in [3.8, 4) is 0 Å². The molecule has 4 rings (SSSR count). The highest BCUT2D eigenvalue weighted by atomic mass is 32.2. The van der Waals surface area contributed by atoms with Crippen LogP contribution in [0.3, 0.4) is 0 Å². The Hall–Kier alpha value is -2.64. The molecule has 2 atom stereocenters. The van der Waals surface area contributed by atoms with Gasteiger partial charge in [-0.05, 0) is 43.5 Å². The third kappa shape index (κ3) is 4.38. The molecule has 1 aliphatic heterocycles. The molecule has 2 aromatic carbocycles. The quantitative estimate of drug-likeness (QED) is 0.435. The molecule has 1 aromatic heterocycles. The Morgan fingerprint density at radius 3 is 2.61 bits per heavy atom. The Labute approximate surface area is 186 Å². The SMILES string of the molecule is COC[C@H](C)n1c(S[C@@H](C)C(=O)N2CCc3ccccc3C2)nc2ccccc2c1=O. The van der Waals surface area contributed by atoms with Crippen molar-refractivity contribution in [3.63, 3.8) is 0 Å². The predicted molar refractivity (Wildman–Crippen MR) is 123 cm³/mol. The minimum Gasteiger partial charge on any atom is -0.383 e. The highest BCUT2D eigenvalue weighted by Gasteiger charge is 2.27. The van der Waals surface area contributed by atoms with Crippen LogP contribution in [0.2, 0.25) is 0 Å². The Kier molecular flexibility index (Phi) is 6.43. The first-order chi connectivity index (χ1) is 15.0. The van der Waals surface area contributed by atoms with Crippen LogP contribution in [0.1, 0.15) is 31.0 Å². The number of para-hydroxylation sites is 1. The van der Waals surface area contributed by atoms with E-state index in [4.69, 9.17) is 9.72 Å². The standard InChI is InChI=1S/C24H27N3O3S/c1-16(15-30-3)27-23(29)20-10-6-7-11-21(20)25-24(27)31-17(2)22(28)26-13-12-18-8-4-5-9-19(18)14-26/h4-11,16-17H,12-15H2,1-3H3/t16-,17-/m0/s1. The molecule has 0 unspecified atom stereocenters. The second-order valence-corrected chi connectivity index (χ2v) is 9.24. The lowest BCUT2D eigenvalue weighted by Crippen LogP contribution is -2.40. The summed E-state index contributed by atoms with van der Waals surface area (Å²) in [5.74, 6) is 0.0628. The first-order valence-electron chi connectivity index (χ1n) is 10.5. The van der Waals surface area contributed by atoms with E-state index in [0.29, 0.717) is 35.8 Å². The maximum absolute atomic E-state index is 13.2. The van der Waals surface area contributed by atoms with E-state index in [1.165, 1.54) is 22.9 Å². The molecule has 7 heteroatoms. The zero-order valence-electron chi connectivity index (χ0n) is 18.1. The van der Waals surface area contributed by atoms with E-state index >= 15 is 0 Å². The van der Waals surface area contributed by atoms with Gasteiger partial charge in [-0.15, -0.1) is 0 Å². The number of rotatable bonds is 6. The van der Waals surface area contributed by atoms with Crippen molar-refractivity contribution in [2.24, 2.45) is 0 Å². The molecule has 0 saturated heterocycles. The minimum absolute atomic E-state index is 0.0628. The van der Waals surface area contributed by atoms with Crippen LogP contribution in [0.15, 0.2) is 58.5 Å². The van der Waals surface area contributed by atoms with E-state index < -0.39 is 0 Å². The van der Waals surface area contributed by atoms with Crippen molar-refractivity contribution in [2.75, 3.05) is 20.3 Å². The average molecular weight is 438 g/mol. The van der Waals surface area contributed by atoms with Gasteiger partial charge in [0.05, 0.1) is 28.8 Å². The second kappa shape index (κ2) is 9.24. The Morgan fingerprint density at radius 2 is 1.84 bits per heavy atom. The maximum atomic E-state index is 13.2. The molecular weight excluding hydrogens is 410 g/mol. The van der Waals surface area contributed by atoms with Crippen molar-refractivity contribution in [1.82, 2.24) is 14.5 Å². The number of hydrogen-bond donors (Lipinski definition) is 0. The van der Waals surface area contributed by atoms with E-state index in [1.54, 1.807) is 17.7 Å². The molecule has 6 nitrogen and oxygen atoms in total. The van der Waals surface area contributed by atoms with E-state index in [9.17, 15) is 9.59 Å². The zero-order valence-corrected chi connectivity index (χ0v) is 18.9. The number of hydrogen-bond acceptors (Lipinski definition) is 5. The monoisotopic (exact) mass is 437 g/mol. The van der Waals surface area contributed by atoms with Gasteiger partial charge >= 0.3 is 0 Å². The lowest BCUT2D eigenvalue weighted by atomic mass is 10.00. The zero-order chi connectivity index (χ0) is 22.0. The molecule has 0 aliphatic carbocycles. The maximum Gasteiger partial charge on any atom is 0.262 e. The largest absolute Gasteiger partial charge is 0.383 e. The summed E-state index contributed by atoms with van der Waals surface area (Å²) in [5, 5.41) is 0.757. The number of methoxy groups -OCH3 is 1. The molecule has 3 aromatic rings. The van der Waals surface area contributed by atoms with Crippen molar-refractivity contribution < 1.29 is 9.53 Å². The van der Waals surface area contributed by atoms with Gasteiger partial charge in [0.2, 0.25) is 5.91 Å². The fourth-order valence-corrected chi connectivity index (χ4v) is 5.16.